The van der Waals surface area contributed by atoms with Crippen molar-refractivity contribution in [2.24, 2.45) is 0 Å². The summed E-state index contributed by atoms with van der Waals surface area (Å²) in [5.41, 5.74) is 2.56. The third-order valence-electron chi connectivity index (χ3n) is 4.55. The number of aromatic nitrogens is 1. The SMILES string of the molecule is CC(C)(C)c1ccc2cc(C(=O)NCCNC(=O)c3ccccc3F)[nH]c2c1. The number of amides is 2. The van der Waals surface area contributed by atoms with Crippen LogP contribution in [-0.2, 0) is 5.41 Å². The molecule has 6 heteroatoms. The lowest BCUT2D eigenvalue weighted by molar-refractivity contribution is 0.0923. The fourth-order valence-electron chi connectivity index (χ4n) is 2.90. The van der Waals surface area contributed by atoms with E-state index in [9.17, 15) is 14.0 Å². The van der Waals surface area contributed by atoms with Gasteiger partial charge in [0.15, 0.2) is 0 Å². The topological polar surface area (TPSA) is 74.0 Å². The molecule has 0 saturated carbocycles. The van der Waals surface area contributed by atoms with Gasteiger partial charge in [0.2, 0.25) is 0 Å². The zero-order chi connectivity index (χ0) is 20.3. The van der Waals surface area contributed by atoms with Crippen molar-refractivity contribution < 1.29 is 14.0 Å². The van der Waals surface area contributed by atoms with Crippen LogP contribution in [0, 0.1) is 5.82 Å². The molecular formula is C22H24FN3O2. The quantitative estimate of drug-likeness (QED) is 0.589. The van der Waals surface area contributed by atoms with Crippen LogP contribution in [0.3, 0.4) is 0 Å². The first-order valence-electron chi connectivity index (χ1n) is 9.20. The Labute approximate surface area is 163 Å². The van der Waals surface area contributed by atoms with Crippen LogP contribution in [0.2, 0.25) is 0 Å². The molecule has 3 rings (SSSR count). The van der Waals surface area contributed by atoms with Gasteiger partial charge in [0.1, 0.15) is 11.5 Å². The predicted molar refractivity (Wildman–Crippen MR) is 108 cm³/mol. The van der Waals surface area contributed by atoms with Crippen LogP contribution in [0.1, 0.15) is 47.2 Å². The molecule has 0 aliphatic rings. The Morgan fingerprint density at radius 1 is 0.964 bits per heavy atom. The number of aromatic amines is 1. The van der Waals surface area contributed by atoms with Crippen LogP contribution in [0.15, 0.2) is 48.5 Å². The van der Waals surface area contributed by atoms with Gasteiger partial charge in [0.05, 0.1) is 5.56 Å². The summed E-state index contributed by atoms with van der Waals surface area (Å²) in [5, 5.41) is 6.30. The van der Waals surface area contributed by atoms with Crippen LogP contribution in [0.5, 0.6) is 0 Å². The van der Waals surface area contributed by atoms with Gasteiger partial charge in [-0.25, -0.2) is 4.39 Å². The molecule has 5 nitrogen and oxygen atoms in total. The highest BCUT2D eigenvalue weighted by Crippen LogP contribution is 2.26. The van der Waals surface area contributed by atoms with Gasteiger partial charge < -0.3 is 15.6 Å². The van der Waals surface area contributed by atoms with E-state index >= 15 is 0 Å². The molecule has 0 fully saturated rings. The number of carbonyl (C=O) groups excluding carboxylic acids is 2. The largest absolute Gasteiger partial charge is 0.351 e. The summed E-state index contributed by atoms with van der Waals surface area (Å²) >= 11 is 0. The van der Waals surface area contributed by atoms with E-state index in [2.05, 4.69) is 48.5 Å². The third-order valence-corrected chi connectivity index (χ3v) is 4.55. The molecule has 0 aliphatic carbocycles. The molecule has 2 aromatic carbocycles. The summed E-state index contributed by atoms with van der Waals surface area (Å²) in [6, 6.07) is 13.7. The molecule has 0 unspecified atom stereocenters. The van der Waals surface area contributed by atoms with Gasteiger partial charge in [0, 0.05) is 24.0 Å². The number of hydrogen-bond donors (Lipinski definition) is 3. The van der Waals surface area contributed by atoms with E-state index in [-0.39, 0.29) is 30.0 Å². The van der Waals surface area contributed by atoms with E-state index in [4.69, 9.17) is 0 Å². The fraction of sp³-hybridized carbons (Fsp3) is 0.273. The van der Waals surface area contributed by atoms with Gasteiger partial charge in [-0.1, -0.05) is 45.0 Å². The van der Waals surface area contributed by atoms with Crippen LogP contribution in [0.4, 0.5) is 4.39 Å². The molecular weight excluding hydrogens is 357 g/mol. The van der Waals surface area contributed by atoms with E-state index in [1.165, 1.54) is 23.8 Å². The minimum atomic E-state index is -0.572. The van der Waals surface area contributed by atoms with Gasteiger partial charge in [-0.2, -0.15) is 0 Å². The van der Waals surface area contributed by atoms with Gasteiger partial charge in [-0.15, -0.1) is 0 Å². The lowest BCUT2D eigenvalue weighted by Gasteiger charge is -2.18. The number of halogens is 1. The van der Waals surface area contributed by atoms with E-state index in [1.807, 2.05) is 6.07 Å². The Hall–Kier alpha value is -3.15. The second-order valence-electron chi connectivity index (χ2n) is 7.73. The monoisotopic (exact) mass is 381 g/mol. The molecule has 146 valence electrons. The molecule has 0 bridgehead atoms. The zero-order valence-corrected chi connectivity index (χ0v) is 16.2. The average molecular weight is 381 g/mol. The maximum absolute atomic E-state index is 13.6. The minimum Gasteiger partial charge on any atom is -0.351 e. The molecule has 1 heterocycles. The van der Waals surface area contributed by atoms with Crippen molar-refractivity contribution in [1.29, 1.82) is 0 Å². The van der Waals surface area contributed by atoms with Crippen molar-refractivity contribution in [2.75, 3.05) is 13.1 Å². The molecule has 0 atom stereocenters. The standard InChI is InChI=1S/C22H24FN3O2/c1-22(2,3)15-9-8-14-12-19(26-18(14)13-15)21(28)25-11-10-24-20(27)16-6-4-5-7-17(16)23/h4-9,12-13,26H,10-11H2,1-3H3,(H,24,27)(H,25,28). The smallest absolute Gasteiger partial charge is 0.267 e. The van der Waals surface area contributed by atoms with E-state index < -0.39 is 11.7 Å². The van der Waals surface area contributed by atoms with E-state index in [0.717, 1.165) is 10.9 Å². The summed E-state index contributed by atoms with van der Waals surface area (Å²) in [7, 11) is 0. The number of rotatable bonds is 5. The van der Waals surface area contributed by atoms with E-state index in [0.29, 0.717) is 5.69 Å². The van der Waals surface area contributed by atoms with Crippen molar-refractivity contribution >= 4 is 22.7 Å². The Morgan fingerprint density at radius 3 is 2.32 bits per heavy atom. The number of carbonyl (C=O) groups is 2. The maximum Gasteiger partial charge on any atom is 0.267 e. The fourth-order valence-corrected chi connectivity index (χ4v) is 2.90. The summed E-state index contributed by atoms with van der Waals surface area (Å²) in [4.78, 5) is 27.4. The lowest BCUT2D eigenvalue weighted by atomic mass is 9.87. The van der Waals surface area contributed by atoms with Crippen LogP contribution < -0.4 is 10.6 Å². The van der Waals surface area contributed by atoms with Gasteiger partial charge in [0.25, 0.3) is 11.8 Å². The number of hydrogen-bond acceptors (Lipinski definition) is 2. The number of H-pyrrole nitrogens is 1. The normalized spacial score (nSPS) is 11.4. The van der Waals surface area contributed by atoms with Gasteiger partial charge in [-0.3, -0.25) is 9.59 Å². The molecule has 2 amide bonds. The van der Waals surface area contributed by atoms with Crippen molar-refractivity contribution in [3.8, 4) is 0 Å². The van der Waals surface area contributed by atoms with Gasteiger partial charge in [-0.05, 0) is 35.2 Å². The predicted octanol–water partition coefficient (Wildman–Crippen LogP) is 3.76. The summed E-state index contributed by atoms with van der Waals surface area (Å²) < 4.78 is 13.6. The van der Waals surface area contributed by atoms with Crippen LogP contribution >= 0.6 is 0 Å². The Kier molecular flexibility index (Phi) is 5.49. The molecule has 0 aliphatic heterocycles. The van der Waals surface area contributed by atoms with Crippen molar-refractivity contribution in [2.45, 2.75) is 26.2 Å². The molecule has 3 aromatic rings. The molecule has 3 N–H and O–H groups in total. The summed E-state index contributed by atoms with van der Waals surface area (Å²) in [6.45, 7) is 6.86. The first-order chi connectivity index (χ1) is 13.3. The second-order valence-corrected chi connectivity index (χ2v) is 7.73. The molecule has 0 radical (unpaired) electrons. The van der Waals surface area contributed by atoms with Crippen molar-refractivity contribution in [1.82, 2.24) is 15.6 Å². The maximum atomic E-state index is 13.6. The highest BCUT2D eigenvalue weighted by Gasteiger charge is 2.16. The molecule has 0 spiro atoms. The summed E-state index contributed by atoms with van der Waals surface area (Å²) in [6.07, 6.45) is 0. The zero-order valence-electron chi connectivity index (χ0n) is 16.2. The molecule has 1 aromatic heterocycles. The third kappa shape index (κ3) is 4.39. The van der Waals surface area contributed by atoms with Crippen LogP contribution in [0.25, 0.3) is 10.9 Å². The van der Waals surface area contributed by atoms with Gasteiger partial charge >= 0.3 is 0 Å². The number of nitrogens with one attached hydrogen (secondary N) is 3. The van der Waals surface area contributed by atoms with Crippen LogP contribution in [-0.4, -0.2) is 29.9 Å². The van der Waals surface area contributed by atoms with E-state index in [1.54, 1.807) is 12.1 Å². The Morgan fingerprint density at radius 2 is 1.64 bits per heavy atom. The highest BCUT2D eigenvalue weighted by molar-refractivity contribution is 5.98. The first kappa shape index (κ1) is 19.6. The minimum absolute atomic E-state index is 0.0147. The molecule has 0 saturated heterocycles. The number of benzene rings is 2. The highest BCUT2D eigenvalue weighted by atomic mass is 19.1. The average Bonchev–Trinajstić information content (AvgIpc) is 3.08. The van der Waals surface area contributed by atoms with Crippen molar-refractivity contribution in [3.05, 3.63) is 71.2 Å². The number of fused-ring (bicyclic) bond motifs is 1. The second kappa shape index (κ2) is 7.84. The van der Waals surface area contributed by atoms with Crippen molar-refractivity contribution in [3.63, 3.8) is 0 Å². The molecule has 28 heavy (non-hydrogen) atoms. The Balaban J connectivity index is 1.56. The summed E-state index contributed by atoms with van der Waals surface area (Å²) in [5.74, 6) is -1.34. The first-order valence-corrected chi connectivity index (χ1v) is 9.20. The Bertz CT molecular complexity index is 1020. The lowest BCUT2D eigenvalue weighted by Crippen LogP contribution is -2.35.